The number of rotatable bonds is 2. The van der Waals surface area contributed by atoms with E-state index in [0.717, 1.165) is 19.4 Å². The molecule has 1 amide bonds. The molecule has 2 unspecified atom stereocenters. The average Bonchev–Trinajstić information content (AvgIpc) is 2.35. The summed E-state index contributed by atoms with van der Waals surface area (Å²) in [6.07, 6.45) is 2.05. The van der Waals surface area contributed by atoms with Crippen LogP contribution < -0.4 is 10.6 Å². The summed E-state index contributed by atoms with van der Waals surface area (Å²) in [6, 6.07) is 4.89. The fourth-order valence-corrected chi connectivity index (χ4v) is 2.28. The summed E-state index contributed by atoms with van der Waals surface area (Å²) < 4.78 is 13.1. The highest BCUT2D eigenvalue weighted by atomic mass is 19.1. The molecule has 1 aromatic carbocycles. The maximum absolute atomic E-state index is 13.1. The molecule has 98 valence electrons. The first-order valence-electron chi connectivity index (χ1n) is 6.38. The Bertz CT molecular complexity index is 447. The van der Waals surface area contributed by atoms with Gasteiger partial charge in [-0.2, -0.15) is 0 Å². The summed E-state index contributed by atoms with van der Waals surface area (Å²) in [4.78, 5) is 12.1. The molecule has 0 spiro atoms. The van der Waals surface area contributed by atoms with Crippen LogP contribution in [0.3, 0.4) is 0 Å². The third-order valence-corrected chi connectivity index (χ3v) is 3.50. The number of carbonyl (C=O) groups excluding carboxylic acids is 1. The van der Waals surface area contributed by atoms with Gasteiger partial charge in [0.25, 0.3) is 5.91 Å². The van der Waals surface area contributed by atoms with Crippen molar-refractivity contribution < 1.29 is 9.18 Å². The molecule has 0 aromatic heterocycles. The summed E-state index contributed by atoms with van der Waals surface area (Å²) in [7, 11) is 0. The van der Waals surface area contributed by atoms with Crippen LogP contribution in [-0.2, 0) is 0 Å². The van der Waals surface area contributed by atoms with Gasteiger partial charge in [-0.3, -0.25) is 4.79 Å². The molecule has 1 aliphatic rings. The second-order valence-corrected chi connectivity index (χ2v) is 4.93. The van der Waals surface area contributed by atoms with E-state index in [9.17, 15) is 9.18 Å². The predicted molar refractivity (Wildman–Crippen MR) is 69.1 cm³/mol. The molecule has 1 heterocycles. The van der Waals surface area contributed by atoms with Gasteiger partial charge in [0.2, 0.25) is 0 Å². The van der Waals surface area contributed by atoms with Crippen LogP contribution in [0, 0.1) is 12.7 Å². The third kappa shape index (κ3) is 2.88. The van der Waals surface area contributed by atoms with Crippen molar-refractivity contribution in [1.82, 2.24) is 10.6 Å². The summed E-state index contributed by atoms with van der Waals surface area (Å²) in [6.45, 7) is 4.74. The van der Waals surface area contributed by atoms with E-state index in [4.69, 9.17) is 0 Å². The molecule has 2 N–H and O–H groups in total. The predicted octanol–water partition coefficient (Wildman–Crippen LogP) is 2.00. The van der Waals surface area contributed by atoms with Gasteiger partial charge < -0.3 is 10.6 Å². The minimum absolute atomic E-state index is 0.126. The van der Waals surface area contributed by atoms with Gasteiger partial charge in [0.1, 0.15) is 5.82 Å². The Morgan fingerprint density at radius 3 is 2.94 bits per heavy atom. The average molecular weight is 250 g/mol. The molecule has 2 atom stereocenters. The number of nitrogens with one attached hydrogen (secondary N) is 2. The van der Waals surface area contributed by atoms with Gasteiger partial charge in [-0.1, -0.05) is 0 Å². The molecule has 2 rings (SSSR count). The van der Waals surface area contributed by atoms with Crippen molar-refractivity contribution in [2.45, 2.75) is 38.8 Å². The number of hydrogen-bond acceptors (Lipinski definition) is 2. The first kappa shape index (κ1) is 13.0. The quantitative estimate of drug-likeness (QED) is 0.843. The third-order valence-electron chi connectivity index (χ3n) is 3.50. The zero-order chi connectivity index (χ0) is 13.1. The standard InChI is InChI=1S/C14H19FN2O/c1-9-8-11(5-6-12(9)15)14(18)17-13-4-3-7-16-10(13)2/h5-6,8,10,13,16H,3-4,7H2,1-2H3,(H,17,18). The van der Waals surface area contributed by atoms with Crippen molar-refractivity contribution in [2.24, 2.45) is 0 Å². The van der Waals surface area contributed by atoms with Crippen molar-refractivity contribution in [3.8, 4) is 0 Å². The Morgan fingerprint density at radius 1 is 1.50 bits per heavy atom. The molecule has 18 heavy (non-hydrogen) atoms. The molecule has 1 fully saturated rings. The summed E-state index contributed by atoms with van der Waals surface area (Å²) >= 11 is 0. The van der Waals surface area contributed by atoms with Gasteiger partial charge in [-0.05, 0) is 57.0 Å². The fraction of sp³-hybridized carbons (Fsp3) is 0.500. The molecular formula is C14H19FN2O. The molecule has 0 radical (unpaired) electrons. The molecule has 1 saturated heterocycles. The SMILES string of the molecule is Cc1cc(C(=O)NC2CCCNC2C)ccc1F. The van der Waals surface area contributed by atoms with E-state index in [0.29, 0.717) is 11.1 Å². The van der Waals surface area contributed by atoms with Crippen molar-refractivity contribution >= 4 is 5.91 Å². The van der Waals surface area contributed by atoms with E-state index in [2.05, 4.69) is 17.6 Å². The van der Waals surface area contributed by atoms with Crippen LogP contribution >= 0.6 is 0 Å². The second kappa shape index (κ2) is 5.48. The van der Waals surface area contributed by atoms with Crippen LogP contribution in [-0.4, -0.2) is 24.5 Å². The minimum Gasteiger partial charge on any atom is -0.348 e. The number of carbonyl (C=O) groups is 1. The van der Waals surface area contributed by atoms with E-state index >= 15 is 0 Å². The largest absolute Gasteiger partial charge is 0.348 e. The molecule has 3 nitrogen and oxygen atoms in total. The first-order chi connectivity index (χ1) is 8.58. The molecule has 0 aliphatic carbocycles. The number of benzene rings is 1. The normalized spacial score (nSPS) is 23.7. The smallest absolute Gasteiger partial charge is 0.251 e. The number of aryl methyl sites for hydroxylation is 1. The van der Waals surface area contributed by atoms with Gasteiger partial charge in [0, 0.05) is 17.6 Å². The number of piperidine rings is 1. The van der Waals surface area contributed by atoms with Crippen LogP contribution in [0.1, 0.15) is 35.7 Å². The van der Waals surface area contributed by atoms with Gasteiger partial charge >= 0.3 is 0 Å². The van der Waals surface area contributed by atoms with Crippen molar-refractivity contribution in [3.05, 3.63) is 35.1 Å². The number of hydrogen-bond donors (Lipinski definition) is 2. The Hall–Kier alpha value is -1.42. The molecule has 0 bridgehead atoms. The van der Waals surface area contributed by atoms with Crippen molar-refractivity contribution in [2.75, 3.05) is 6.54 Å². The van der Waals surface area contributed by atoms with Gasteiger partial charge in [-0.25, -0.2) is 4.39 Å². The van der Waals surface area contributed by atoms with E-state index in [1.165, 1.54) is 12.1 Å². The Balaban J connectivity index is 2.04. The van der Waals surface area contributed by atoms with Crippen molar-refractivity contribution in [3.63, 3.8) is 0 Å². The van der Waals surface area contributed by atoms with Crippen LogP contribution in [0.15, 0.2) is 18.2 Å². The van der Waals surface area contributed by atoms with Crippen LogP contribution in [0.4, 0.5) is 4.39 Å². The zero-order valence-electron chi connectivity index (χ0n) is 10.8. The van der Waals surface area contributed by atoms with Crippen LogP contribution in [0.2, 0.25) is 0 Å². The highest BCUT2D eigenvalue weighted by Crippen LogP contribution is 2.12. The highest BCUT2D eigenvalue weighted by molar-refractivity contribution is 5.94. The van der Waals surface area contributed by atoms with Crippen LogP contribution in [0.5, 0.6) is 0 Å². The lowest BCUT2D eigenvalue weighted by molar-refractivity contribution is 0.0919. The first-order valence-corrected chi connectivity index (χ1v) is 6.38. The second-order valence-electron chi connectivity index (χ2n) is 4.93. The van der Waals surface area contributed by atoms with Crippen molar-refractivity contribution in [1.29, 1.82) is 0 Å². The van der Waals surface area contributed by atoms with E-state index in [1.807, 2.05) is 0 Å². The molecule has 1 aromatic rings. The highest BCUT2D eigenvalue weighted by Gasteiger charge is 2.22. The minimum atomic E-state index is -0.278. The lowest BCUT2D eigenvalue weighted by atomic mass is 9.99. The lowest BCUT2D eigenvalue weighted by Crippen LogP contribution is -2.51. The van der Waals surface area contributed by atoms with Gasteiger partial charge in [-0.15, -0.1) is 0 Å². The maximum atomic E-state index is 13.1. The summed E-state index contributed by atoms with van der Waals surface area (Å²) in [5.41, 5.74) is 1.02. The number of halogens is 1. The zero-order valence-corrected chi connectivity index (χ0v) is 10.8. The topological polar surface area (TPSA) is 41.1 Å². The molecule has 4 heteroatoms. The number of amides is 1. The van der Waals surface area contributed by atoms with E-state index < -0.39 is 0 Å². The van der Waals surface area contributed by atoms with Gasteiger partial charge in [0.05, 0.1) is 0 Å². The lowest BCUT2D eigenvalue weighted by Gasteiger charge is -2.30. The van der Waals surface area contributed by atoms with Crippen LogP contribution in [0.25, 0.3) is 0 Å². The summed E-state index contributed by atoms with van der Waals surface area (Å²) in [5, 5.41) is 6.34. The monoisotopic (exact) mass is 250 g/mol. The summed E-state index contributed by atoms with van der Waals surface area (Å²) in [5.74, 6) is -0.405. The molecule has 1 aliphatic heterocycles. The van der Waals surface area contributed by atoms with Gasteiger partial charge in [0.15, 0.2) is 0 Å². The molecule has 0 saturated carbocycles. The van der Waals surface area contributed by atoms with E-state index in [1.54, 1.807) is 13.0 Å². The molecular weight excluding hydrogens is 231 g/mol. The maximum Gasteiger partial charge on any atom is 0.251 e. The fourth-order valence-electron chi connectivity index (χ4n) is 2.28. The van der Waals surface area contributed by atoms with E-state index in [-0.39, 0.29) is 23.8 Å². The Labute approximate surface area is 107 Å². The Morgan fingerprint density at radius 2 is 2.28 bits per heavy atom. The Kier molecular flexibility index (Phi) is 3.97.